The van der Waals surface area contributed by atoms with Gasteiger partial charge in [-0.05, 0) is 6.42 Å². The molecule has 0 saturated heterocycles. The molecule has 1 amide bonds. The molecule has 6 nitrogen and oxygen atoms in total. The number of carbonyl (C=O) groups is 1. The van der Waals surface area contributed by atoms with Crippen molar-refractivity contribution >= 4 is 5.91 Å². The summed E-state index contributed by atoms with van der Waals surface area (Å²) in [6, 6.07) is 0.0994. The molecule has 106 valence electrons. The third-order valence-corrected chi connectivity index (χ3v) is 3.56. The number of nitrogens with two attached hydrogens (primary N) is 1. The molecule has 2 heterocycles. The summed E-state index contributed by atoms with van der Waals surface area (Å²) < 4.78 is 2.15. The first-order valence-corrected chi connectivity index (χ1v) is 6.95. The summed E-state index contributed by atoms with van der Waals surface area (Å²) in [6.07, 6.45) is 5.25. The number of aromatic nitrogens is 2. The maximum atomic E-state index is 11.8. The quantitative estimate of drug-likeness (QED) is 0.755. The molecule has 1 aromatic heterocycles. The lowest BCUT2D eigenvalue weighted by atomic mass is 10.1. The Morgan fingerprint density at radius 2 is 2.42 bits per heavy atom. The molecule has 0 radical (unpaired) electrons. The zero-order valence-electron chi connectivity index (χ0n) is 11.5. The van der Waals surface area contributed by atoms with Crippen LogP contribution in [0.1, 0.15) is 25.6 Å². The molecule has 1 unspecified atom stereocenters. The third-order valence-electron chi connectivity index (χ3n) is 3.56. The normalized spacial score (nSPS) is 16.9. The Morgan fingerprint density at radius 1 is 1.58 bits per heavy atom. The van der Waals surface area contributed by atoms with E-state index in [0.717, 1.165) is 38.4 Å². The lowest BCUT2D eigenvalue weighted by Gasteiger charge is -2.33. The van der Waals surface area contributed by atoms with Crippen LogP contribution < -0.4 is 11.1 Å². The second-order valence-corrected chi connectivity index (χ2v) is 4.95. The summed E-state index contributed by atoms with van der Waals surface area (Å²) in [6.45, 7) is 5.90. The summed E-state index contributed by atoms with van der Waals surface area (Å²) in [5, 5.41) is 2.91. The molecule has 2 rings (SSSR count). The van der Waals surface area contributed by atoms with Crippen LogP contribution in [0.5, 0.6) is 0 Å². The van der Waals surface area contributed by atoms with Crippen molar-refractivity contribution in [2.75, 3.05) is 19.6 Å². The average Bonchev–Trinajstić information content (AvgIpc) is 2.89. The van der Waals surface area contributed by atoms with Crippen molar-refractivity contribution in [1.29, 1.82) is 0 Å². The van der Waals surface area contributed by atoms with E-state index in [9.17, 15) is 4.79 Å². The summed E-state index contributed by atoms with van der Waals surface area (Å²) in [7, 11) is 0. The number of amides is 1. The number of carbonyl (C=O) groups excluding carboxylic acids is 1. The van der Waals surface area contributed by atoms with Gasteiger partial charge >= 0.3 is 0 Å². The van der Waals surface area contributed by atoms with Gasteiger partial charge in [0, 0.05) is 51.0 Å². The molecule has 6 heteroatoms. The van der Waals surface area contributed by atoms with Crippen LogP contribution in [0.4, 0.5) is 0 Å². The van der Waals surface area contributed by atoms with Crippen molar-refractivity contribution in [3.63, 3.8) is 0 Å². The van der Waals surface area contributed by atoms with Gasteiger partial charge < -0.3 is 15.6 Å². The maximum Gasteiger partial charge on any atom is 0.221 e. The van der Waals surface area contributed by atoms with Crippen molar-refractivity contribution in [1.82, 2.24) is 19.8 Å². The fourth-order valence-electron chi connectivity index (χ4n) is 2.42. The molecule has 0 aromatic carbocycles. The lowest BCUT2D eigenvalue weighted by Crippen LogP contribution is -2.47. The maximum absolute atomic E-state index is 11.8. The Hall–Kier alpha value is -1.40. The first kappa shape index (κ1) is 14.0. The Morgan fingerprint density at radius 3 is 3.16 bits per heavy atom. The minimum Gasteiger partial charge on any atom is -0.356 e. The topological polar surface area (TPSA) is 76.2 Å². The van der Waals surface area contributed by atoms with Gasteiger partial charge in [0.1, 0.15) is 5.82 Å². The van der Waals surface area contributed by atoms with E-state index >= 15 is 0 Å². The highest BCUT2D eigenvalue weighted by molar-refractivity contribution is 5.76. The SMILES string of the molecule is CCCNC(=O)CC(CN)N1CCn2ccnc2C1. The van der Waals surface area contributed by atoms with E-state index in [0.29, 0.717) is 13.0 Å². The van der Waals surface area contributed by atoms with Crippen molar-refractivity contribution in [2.24, 2.45) is 5.73 Å². The molecule has 1 atom stereocenters. The summed E-state index contributed by atoms with van der Waals surface area (Å²) in [5.74, 6) is 1.14. The highest BCUT2D eigenvalue weighted by atomic mass is 16.1. The number of imidazole rings is 1. The largest absolute Gasteiger partial charge is 0.356 e. The van der Waals surface area contributed by atoms with E-state index < -0.39 is 0 Å². The van der Waals surface area contributed by atoms with Crippen molar-refractivity contribution in [3.05, 3.63) is 18.2 Å². The molecule has 1 aromatic rings. The van der Waals surface area contributed by atoms with Gasteiger partial charge in [0.25, 0.3) is 0 Å². The van der Waals surface area contributed by atoms with Gasteiger partial charge in [-0.25, -0.2) is 4.98 Å². The predicted molar refractivity (Wildman–Crippen MR) is 73.4 cm³/mol. The Balaban J connectivity index is 1.90. The van der Waals surface area contributed by atoms with Gasteiger partial charge in [-0.1, -0.05) is 6.92 Å². The van der Waals surface area contributed by atoms with Crippen molar-refractivity contribution in [2.45, 2.75) is 38.9 Å². The second-order valence-electron chi connectivity index (χ2n) is 4.95. The molecular weight excluding hydrogens is 242 g/mol. The smallest absolute Gasteiger partial charge is 0.221 e. The minimum atomic E-state index is 0.0891. The molecule has 1 aliphatic rings. The summed E-state index contributed by atoms with van der Waals surface area (Å²) in [4.78, 5) is 18.4. The summed E-state index contributed by atoms with van der Waals surface area (Å²) in [5.41, 5.74) is 5.83. The van der Waals surface area contributed by atoms with Crippen LogP contribution in [0.25, 0.3) is 0 Å². The lowest BCUT2D eigenvalue weighted by molar-refractivity contribution is -0.122. The molecule has 1 aliphatic heterocycles. The number of nitrogens with zero attached hydrogens (tertiary/aromatic N) is 3. The number of fused-ring (bicyclic) bond motifs is 1. The molecule has 3 N–H and O–H groups in total. The molecule has 0 fully saturated rings. The minimum absolute atomic E-state index is 0.0891. The number of hydrogen-bond acceptors (Lipinski definition) is 4. The van der Waals surface area contributed by atoms with Crippen LogP contribution >= 0.6 is 0 Å². The van der Waals surface area contributed by atoms with E-state index in [1.54, 1.807) is 0 Å². The monoisotopic (exact) mass is 265 g/mol. The molecule has 0 aliphatic carbocycles. The Kier molecular flexibility index (Phi) is 4.93. The summed E-state index contributed by atoms with van der Waals surface area (Å²) >= 11 is 0. The number of rotatable bonds is 6. The second kappa shape index (κ2) is 6.68. The standard InChI is InChI=1S/C13H23N5O/c1-2-3-16-13(19)8-11(9-14)18-7-6-17-5-4-15-12(17)10-18/h4-5,11H,2-3,6-10,14H2,1H3,(H,16,19). The highest BCUT2D eigenvalue weighted by Crippen LogP contribution is 2.14. The van der Waals surface area contributed by atoms with Crippen LogP contribution in [0.3, 0.4) is 0 Å². The molecule has 0 saturated carbocycles. The fraction of sp³-hybridized carbons (Fsp3) is 0.692. The molecular formula is C13H23N5O. The Bertz CT molecular complexity index is 417. The van der Waals surface area contributed by atoms with E-state index in [1.165, 1.54) is 0 Å². The number of hydrogen-bond donors (Lipinski definition) is 2. The highest BCUT2D eigenvalue weighted by Gasteiger charge is 2.24. The van der Waals surface area contributed by atoms with Gasteiger partial charge in [-0.15, -0.1) is 0 Å². The van der Waals surface area contributed by atoms with Crippen LogP contribution in [0.15, 0.2) is 12.4 Å². The van der Waals surface area contributed by atoms with Gasteiger partial charge in [0.2, 0.25) is 5.91 Å². The van der Waals surface area contributed by atoms with Crippen LogP contribution in [-0.2, 0) is 17.9 Å². The predicted octanol–water partition coefficient (Wildman–Crippen LogP) is -0.0577. The average molecular weight is 265 g/mol. The van der Waals surface area contributed by atoms with Crippen LogP contribution in [0, 0.1) is 0 Å². The van der Waals surface area contributed by atoms with Gasteiger partial charge in [-0.3, -0.25) is 9.69 Å². The zero-order chi connectivity index (χ0) is 13.7. The molecule has 0 bridgehead atoms. The van der Waals surface area contributed by atoms with Crippen LogP contribution in [-0.4, -0.2) is 46.0 Å². The zero-order valence-corrected chi connectivity index (χ0v) is 11.5. The first-order valence-electron chi connectivity index (χ1n) is 6.95. The van der Waals surface area contributed by atoms with Crippen LogP contribution in [0.2, 0.25) is 0 Å². The van der Waals surface area contributed by atoms with Crippen molar-refractivity contribution < 1.29 is 4.79 Å². The third kappa shape index (κ3) is 3.54. The van der Waals surface area contributed by atoms with Gasteiger partial charge in [-0.2, -0.15) is 0 Å². The molecule has 0 spiro atoms. The van der Waals surface area contributed by atoms with E-state index in [4.69, 9.17) is 5.73 Å². The Labute approximate surface area is 114 Å². The number of nitrogens with one attached hydrogen (secondary N) is 1. The first-order chi connectivity index (χ1) is 9.24. The van der Waals surface area contributed by atoms with Crippen molar-refractivity contribution in [3.8, 4) is 0 Å². The molecule has 19 heavy (non-hydrogen) atoms. The van der Waals surface area contributed by atoms with Gasteiger partial charge in [0.05, 0.1) is 6.54 Å². The van der Waals surface area contributed by atoms with Gasteiger partial charge in [0.15, 0.2) is 0 Å². The fourth-order valence-corrected chi connectivity index (χ4v) is 2.42. The van der Waals surface area contributed by atoms with E-state index in [2.05, 4.69) is 19.8 Å². The van der Waals surface area contributed by atoms with E-state index in [1.807, 2.05) is 19.3 Å². The van der Waals surface area contributed by atoms with E-state index in [-0.39, 0.29) is 11.9 Å².